The summed E-state index contributed by atoms with van der Waals surface area (Å²) in [4.78, 5) is 10.1. The van der Waals surface area contributed by atoms with Gasteiger partial charge in [-0.05, 0) is 14.0 Å². The Labute approximate surface area is 42.9 Å². The Morgan fingerprint density at radius 3 is 2.29 bits per heavy atom. The Hall–Kier alpha value is -0.570. The van der Waals surface area contributed by atoms with E-state index in [1.807, 2.05) is 0 Å². The Bertz CT molecular complexity index is 72.1. The van der Waals surface area contributed by atoms with Crippen LogP contribution in [0.1, 0.15) is 6.92 Å². The zero-order valence-corrected chi connectivity index (χ0v) is 4.56. The highest BCUT2D eigenvalue weighted by Gasteiger charge is 2.01. The quantitative estimate of drug-likeness (QED) is 0.473. The van der Waals surface area contributed by atoms with Crippen LogP contribution in [0, 0.1) is 0 Å². The molecule has 0 saturated carbocycles. The molecule has 0 aromatic carbocycles. The zero-order valence-electron chi connectivity index (χ0n) is 4.56. The van der Waals surface area contributed by atoms with Gasteiger partial charge in [-0.25, -0.2) is 0 Å². The molecular formula is C4H10N2O. The normalized spacial score (nSPS) is 13.4. The van der Waals surface area contributed by atoms with Crippen LogP contribution in [-0.4, -0.2) is 19.0 Å². The fourth-order valence-corrected chi connectivity index (χ4v) is 0.142. The second kappa shape index (κ2) is 2.58. The van der Waals surface area contributed by atoms with Crippen molar-refractivity contribution in [3.05, 3.63) is 0 Å². The van der Waals surface area contributed by atoms with Gasteiger partial charge in [-0.2, -0.15) is 0 Å². The predicted molar refractivity (Wildman–Crippen MR) is 27.7 cm³/mol. The maximum absolute atomic E-state index is 10.1. The molecule has 0 aromatic rings. The van der Waals surface area contributed by atoms with Gasteiger partial charge in [0.25, 0.3) is 0 Å². The molecule has 0 radical (unpaired) electrons. The van der Waals surface area contributed by atoms with Gasteiger partial charge in [-0.1, -0.05) is 0 Å². The average Bonchev–Trinajstić information content (AvgIpc) is 1.65. The summed E-state index contributed by atoms with van der Waals surface area (Å²) in [7, 11) is 1.69. The molecule has 0 rings (SSSR count). The van der Waals surface area contributed by atoms with Gasteiger partial charge in [0.1, 0.15) is 0 Å². The summed E-state index contributed by atoms with van der Waals surface area (Å²) in [6, 6.07) is -0.208. The van der Waals surface area contributed by atoms with Gasteiger partial charge in [-0.15, -0.1) is 0 Å². The molecule has 0 unspecified atom stereocenters. The van der Waals surface area contributed by atoms with Crippen molar-refractivity contribution < 1.29 is 4.79 Å². The summed E-state index contributed by atoms with van der Waals surface area (Å²) in [5.41, 5.74) is 4.85. The van der Waals surface area contributed by atoms with Gasteiger partial charge in [0.05, 0.1) is 6.04 Å². The molecule has 42 valence electrons. The van der Waals surface area contributed by atoms with Crippen molar-refractivity contribution in [2.24, 2.45) is 5.73 Å². The summed E-state index contributed by atoms with van der Waals surface area (Å²) in [5.74, 6) is -0.317. The highest BCUT2D eigenvalue weighted by atomic mass is 16.1. The van der Waals surface area contributed by atoms with Crippen molar-refractivity contribution in [2.75, 3.05) is 7.05 Å². The van der Waals surface area contributed by atoms with Crippen molar-refractivity contribution in [2.45, 2.75) is 13.0 Å². The van der Waals surface area contributed by atoms with Crippen LogP contribution in [0.15, 0.2) is 0 Å². The molecule has 1 amide bonds. The van der Waals surface area contributed by atoms with Crippen LogP contribution in [0.4, 0.5) is 0 Å². The smallest absolute Gasteiger partial charge is 0.234 e. The summed E-state index contributed by atoms with van der Waals surface area (Å²) < 4.78 is 0. The van der Waals surface area contributed by atoms with Crippen LogP contribution in [0.25, 0.3) is 0 Å². The number of carbonyl (C=O) groups excluding carboxylic acids is 1. The third-order valence-corrected chi connectivity index (χ3v) is 0.860. The van der Waals surface area contributed by atoms with E-state index < -0.39 is 0 Å². The fourth-order valence-electron chi connectivity index (χ4n) is 0.142. The van der Waals surface area contributed by atoms with Gasteiger partial charge < -0.3 is 11.1 Å². The standard InChI is InChI=1S/C4H10N2O/c1-3(6-2)4(5)7/h3,6H,1-2H3,(H2,5,7)/t3-/m0/s1. The lowest BCUT2D eigenvalue weighted by molar-refractivity contribution is -0.119. The number of nitrogens with two attached hydrogens (primary N) is 1. The molecule has 0 heterocycles. The van der Waals surface area contributed by atoms with E-state index in [1.165, 1.54) is 0 Å². The van der Waals surface area contributed by atoms with Gasteiger partial charge in [0.2, 0.25) is 5.91 Å². The molecule has 0 aromatic heterocycles. The van der Waals surface area contributed by atoms with Gasteiger partial charge in [0, 0.05) is 0 Å². The van der Waals surface area contributed by atoms with E-state index in [4.69, 9.17) is 5.73 Å². The monoisotopic (exact) mass is 102 g/mol. The zero-order chi connectivity index (χ0) is 5.86. The molecule has 0 aliphatic rings. The number of rotatable bonds is 2. The first kappa shape index (κ1) is 6.43. The van der Waals surface area contributed by atoms with E-state index in [9.17, 15) is 4.79 Å². The minimum atomic E-state index is -0.317. The maximum atomic E-state index is 10.1. The summed E-state index contributed by atoms with van der Waals surface area (Å²) in [6.07, 6.45) is 0. The molecule has 0 fully saturated rings. The first-order valence-corrected chi connectivity index (χ1v) is 2.15. The lowest BCUT2D eigenvalue weighted by atomic mass is 10.3. The minimum absolute atomic E-state index is 0.208. The molecule has 0 saturated heterocycles. The van der Waals surface area contributed by atoms with Crippen molar-refractivity contribution in [3.8, 4) is 0 Å². The lowest BCUT2D eigenvalue weighted by Crippen LogP contribution is -2.36. The summed E-state index contributed by atoms with van der Waals surface area (Å²) in [5, 5.41) is 2.69. The van der Waals surface area contributed by atoms with E-state index in [2.05, 4.69) is 5.32 Å². The first-order valence-electron chi connectivity index (χ1n) is 2.15. The predicted octanol–water partition coefficient (Wildman–Crippen LogP) is -0.920. The molecule has 0 spiro atoms. The van der Waals surface area contributed by atoms with Crippen molar-refractivity contribution >= 4 is 5.91 Å². The Morgan fingerprint density at radius 1 is 1.86 bits per heavy atom. The summed E-state index contributed by atoms with van der Waals surface area (Å²) in [6.45, 7) is 1.71. The second-order valence-electron chi connectivity index (χ2n) is 1.41. The highest BCUT2D eigenvalue weighted by molar-refractivity contribution is 5.79. The third kappa shape index (κ3) is 2.17. The molecule has 7 heavy (non-hydrogen) atoms. The van der Waals surface area contributed by atoms with E-state index in [-0.39, 0.29) is 11.9 Å². The molecule has 3 nitrogen and oxygen atoms in total. The molecule has 0 bridgehead atoms. The first-order chi connectivity index (χ1) is 3.18. The molecule has 1 atom stereocenters. The largest absolute Gasteiger partial charge is 0.368 e. The van der Waals surface area contributed by atoms with Crippen molar-refractivity contribution in [1.29, 1.82) is 0 Å². The van der Waals surface area contributed by atoms with Crippen LogP contribution in [0.5, 0.6) is 0 Å². The SMILES string of the molecule is CN[C@@H](C)C(N)=O. The van der Waals surface area contributed by atoms with E-state index in [0.717, 1.165) is 0 Å². The average molecular weight is 102 g/mol. The van der Waals surface area contributed by atoms with Crippen LogP contribution in [0.3, 0.4) is 0 Å². The van der Waals surface area contributed by atoms with E-state index in [0.29, 0.717) is 0 Å². The number of primary amides is 1. The molecular weight excluding hydrogens is 92.1 g/mol. The van der Waals surface area contributed by atoms with Gasteiger partial charge >= 0.3 is 0 Å². The van der Waals surface area contributed by atoms with Crippen LogP contribution in [0.2, 0.25) is 0 Å². The number of nitrogens with one attached hydrogen (secondary N) is 1. The fraction of sp³-hybridized carbons (Fsp3) is 0.750. The Balaban J connectivity index is 3.34. The highest BCUT2D eigenvalue weighted by Crippen LogP contribution is 1.71. The van der Waals surface area contributed by atoms with Crippen molar-refractivity contribution in [3.63, 3.8) is 0 Å². The topological polar surface area (TPSA) is 55.1 Å². The van der Waals surface area contributed by atoms with E-state index >= 15 is 0 Å². The number of hydrogen-bond donors (Lipinski definition) is 2. The third-order valence-electron chi connectivity index (χ3n) is 0.860. The number of amides is 1. The molecule has 3 heteroatoms. The number of hydrogen-bond acceptors (Lipinski definition) is 2. The minimum Gasteiger partial charge on any atom is -0.368 e. The Kier molecular flexibility index (Phi) is 2.37. The van der Waals surface area contributed by atoms with Crippen LogP contribution >= 0.6 is 0 Å². The van der Waals surface area contributed by atoms with Crippen LogP contribution < -0.4 is 11.1 Å². The Morgan fingerprint density at radius 2 is 2.29 bits per heavy atom. The van der Waals surface area contributed by atoms with Gasteiger partial charge in [-0.3, -0.25) is 4.79 Å². The second-order valence-corrected chi connectivity index (χ2v) is 1.41. The van der Waals surface area contributed by atoms with E-state index in [1.54, 1.807) is 14.0 Å². The maximum Gasteiger partial charge on any atom is 0.234 e. The number of carbonyl (C=O) groups is 1. The van der Waals surface area contributed by atoms with Crippen molar-refractivity contribution in [1.82, 2.24) is 5.32 Å². The van der Waals surface area contributed by atoms with Crippen LogP contribution in [-0.2, 0) is 4.79 Å². The summed E-state index contributed by atoms with van der Waals surface area (Å²) >= 11 is 0. The molecule has 3 N–H and O–H groups in total. The van der Waals surface area contributed by atoms with Gasteiger partial charge in [0.15, 0.2) is 0 Å². The molecule has 0 aliphatic heterocycles. The molecule has 0 aliphatic carbocycles. The number of likely N-dealkylation sites (N-methyl/N-ethyl adjacent to an activating group) is 1. The lowest BCUT2D eigenvalue weighted by Gasteiger charge is -2.01.